The van der Waals surface area contributed by atoms with Crippen LogP contribution in [0.25, 0.3) is 27.9 Å². The summed E-state index contributed by atoms with van der Waals surface area (Å²) in [6.07, 6.45) is 1.89. The molecule has 0 saturated carbocycles. The molecule has 0 aliphatic rings. The number of rotatable bonds is 1. The fourth-order valence-corrected chi connectivity index (χ4v) is 2.45. The largest absolute Gasteiger partial charge is 0.381 e. The quantitative estimate of drug-likeness (QED) is 0.581. The van der Waals surface area contributed by atoms with E-state index in [9.17, 15) is 4.39 Å². The van der Waals surface area contributed by atoms with Crippen LogP contribution in [-0.2, 0) is 0 Å². The van der Waals surface area contributed by atoms with Gasteiger partial charge in [-0.25, -0.2) is 14.4 Å². The highest BCUT2D eigenvalue weighted by Gasteiger charge is 2.11. The van der Waals surface area contributed by atoms with Crippen molar-refractivity contribution < 1.29 is 4.39 Å². The fraction of sp³-hybridized carbons (Fsp3) is 0. The van der Waals surface area contributed by atoms with E-state index in [2.05, 4.69) is 9.97 Å². The summed E-state index contributed by atoms with van der Waals surface area (Å²) in [6.45, 7) is 0. The number of nitrogen functional groups attached to an aromatic ring is 1. The molecular formula is C16H11FN4. The number of para-hydroxylation sites is 2. The maximum Gasteiger partial charge on any atom is 0.180 e. The van der Waals surface area contributed by atoms with E-state index in [1.54, 1.807) is 12.1 Å². The van der Waals surface area contributed by atoms with Gasteiger partial charge in [0.15, 0.2) is 11.5 Å². The van der Waals surface area contributed by atoms with Crippen LogP contribution >= 0.6 is 0 Å². The van der Waals surface area contributed by atoms with E-state index in [4.69, 9.17) is 5.73 Å². The van der Waals surface area contributed by atoms with Crippen LogP contribution in [0.2, 0.25) is 0 Å². The van der Waals surface area contributed by atoms with Crippen molar-refractivity contribution in [3.63, 3.8) is 0 Å². The lowest BCUT2D eigenvalue weighted by atomic mass is 10.2. The molecule has 0 aliphatic heterocycles. The highest BCUT2D eigenvalue weighted by Crippen LogP contribution is 2.24. The van der Waals surface area contributed by atoms with Crippen molar-refractivity contribution in [2.75, 3.05) is 5.73 Å². The van der Waals surface area contributed by atoms with Gasteiger partial charge in [-0.1, -0.05) is 12.1 Å². The van der Waals surface area contributed by atoms with Gasteiger partial charge in [-0.15, -0.1) is 0 Å². The van der Waals surface area contributed by atoms with Crippen molar-refractivity contribution in [3.05, 3.63) is 60.5 Å². The molecule has 2 aromatic carbocycles. The second-order valence-electron chi connectivity index (χ2n) is 4.81. The Morgan fingerprint density at radius 1 is 0.952 bits per heavy atom. The van der Waals surface area contributed by atoms with Crippen LogP contribution in [0.5, 0.6) is 0 Å². The number of aromatic nitrogens is 3. The molecular weight excluding hydrogens is 267 g/mol. The first kappa shape index (κ1) is 11.8. The third-order valence-electron chi connectivity index (χ3n) is 3.46. The Balaban J connectivity index is 2.03. The molecule has 2 heterocycles. The van der Waals surface area contributed by atoms with Crippen molar-refractivity contribution in [1.82, 2.24) is 14.4 Å². The summed E-state index contributed by atoms with van der Waals surface area (Å²) >= 11 is 0. The van der Waals surface area contributed by atoms with Crippen LogP contribution in [0.3, 0.4) is 0 Å². The van der Waals surface area contributed by atoms with Gasteiger partial charge in [0.2, 0.25) is 0 Å². The molecule has 2 N–H and O–H groups in total. The lowest BCUT2D eigenvalue weighted by Gasteiger charge is -2.02. The van der Waals surface area contributed by atoms with Crippen molar-refractivity contribution in [2.24, 2.45) is 0 Å². The number of fused-ring (bicyclic) bond motifs is 3. The molecule has 0 fully saturated rings. The zero-order valence-electron chi connectivity index (χ0n) is 11.0. The fourth-order valence-electron chi connectivity index (χ4n) is 2.45. The average molecular weight is 278 g/mol. The van der Waals surface area contributed by atoms with Crippen LogP contribution in [0.15, 0.2) is 54.7 Å². The van der Waals surface area contributed by atoms with Gasteiger partial charge in [-0.05, 0) is 36.4 Å². The Labute approximate surface area is 119 Å². The van der Waals surface area contributed by atoms with Gasteiger partial charge in [0.1, 0.15) is 5.82 Å². The first-order valence-electron chi connectivity index (χ1n) is 6.51. The first-order chi connectivity index (χ1) is 10.2. The SMILES string of the molecule is Nc1nc2ccccc2n2cc(-c3ccc(F)cc3)nc12. The zero-order valence-corrected chi connectivity index (χ0v) is 11.0. The van der Waals surface area contributed by atoms with Gasteiger partial charge in [0.25, 0.3) is 0 Å². The van der Waals surface area contributed by atoms with Gasteiger partial charge in [-0.2, -0.15) is 0 Å². The zero-order chi connectivity index (χ0) is 14.4. The minimum Gasteiger partial charge on any atom is -0.381 e. The monoisotopic (exact) mass is 278 g/mol. The van der Waals surface area contributed by atoms with E-state index < -0.39 is 0 Å². The normalized spacial score (nSPS) is 11.3. The Bertz CT molecular complexity index is 957. The maximum absolute atomic E-state index is 13.0. The maximum atomic E-state index is 13.0. The van der Waals surface area contributed by atoms with Crippen LogP contribution in [0.1, 0.15) is 0 Å². The smallest absolute Gasteiger partial charge is 0.180 e. The molecule has 0 spiro atoms. The summed E-state index contributed by atoms with van der Waals surface area (Å²) in [5.74, 6) is 0.108. The predicted octanol–water partition coefficient (Wildman–Crippen LogP) is 3.27. The second kappa shape index (κ2) is 4.28. The number of benzene rings is 2. The van der Waals surface area contributed by atoms with Crippen molar-refractivity contribution >= 4 is 22.5 Å². The number of anilines is 1. The van der Waals surface area contributed by atoms with E-state index in [1.807, 2.05) is 34.9 Å². The standard InChI is InChI=1S/C16H11FN4/c17-11-7-5-10(6-8-11)13-9-21-14-4-2-1-3-12(14)19-15(18)16(21)20-13/h1-9H,(H2,18,19). The van der Waals surface area contributed by atoms with E-state index in [0.29, 0.717) is 11.5 Å². The lowest BCUT2D eigenvalue weighted by Crippen LogP contribution is -1.97. The molecule has 0 radical (unpaired) electrons. The van der Waals surface area contributed by atoms with E-state index in [0.717, 1.165) is 22.3 Å². The molecule has 0 saturated heterocycles. The van der Waals surface area contributed by atoms with Gasteiger partial charge >= 0.3 is 0 Å². The topological polar surface area (TPSA) is 56.2 Å². The molecule has 0 atom stereocenters. The Morgan fingerprint density at radius 2 is 1.71 bits per heavy atom. The molecule has 2 aromatic heterocycles. The summed E-state index contributed by atoms with van der Waals surface area (Å²) in [6, 6.07) is 14.0. The first-order valence-corrected chi connectivity index (χ1v) is 6.51. The third kappa shape index (κ3) is 1.82. The van der Waals surface area contributed by atoms with E-state index >= 15 is 0 Å². The molecule has 0 aliphatic carbocycles. The summed E-state index contributed by atoms with van der Waals surface area (Å²) in [5, 5.41) is 0. The Hall–Kier alpha value is -2.95. The minimum absolute atomic E-state index is 0.269. The summed E-state index contributed by atoms with van der Waals surface area (Å²) in [5.41, 5.74) is 9.90. The van der Waals surface area contributed by atoms with Crippen LogP contribution < -0.4 is 5.73 Å². The Morgan fingerprint density at radius 3 is 2.52 bits per heavy atom. The Kier molecular flexibility index (Phi) is 2.41. The molecule has 4 nitrogen and oxygen atoms in total. The van der Waals surface area contributed by atoms with Crippen molar-refractivity contribution in [2.45, 2.75) is 0 Å². The molecule has 4 aromatic rings. The van der Waals surface area contributed by atoms with Crippen LogP contribution in [0.4, 0.5) is 10.2 Å². The van der Waals surface area contributed by atoms with E-state index in [1.165, 1.54) is 12.1 Å². The predicted molar refractivity (Wildman–Crippen MR) is 80.3 cm³/mol. The second-order valence-corrected chi connectivity index (χ2v) is 4.81. The van der Waals surface area contributed by atoms with Crippen LogP contribution in [-0.4, -0.2) is 14.4 Å². The summed E-state index contributed by atoms with van der Waals surface area (Å²) in [4.78, 5) is 8.87. The molecule has 4 rings (SSSR count). The van der Waals surface area contributed by atoms with Crippen molar-refractivity contribution in [3.8, 4) is 11.3 Å². The highest BCUT2D eigenvalue weighted by atomic mass is 19.1. The van der Waals surface area contributed by atoms with Gasteiger partial charge in [-0.3, -0.25) is 4.40 Å². The number of hydrogen-bond acceptors (Lipinski definition) is 3. The average Bonchev–Trinajstić information content (AvgIpc) is 2.94. The number of halogens is 1. The molecule has 102 valence electrons. The highest BCUT2D eigenvalue weighted by molar-refractivity contribution is 5.83. The molecule has 0 amide bonds. The van der Waals surface area contributed by atoms with Crippen molar-refractivity contribution in [1.29, 1.82) is 0 Å². The molecule has 5 heteroatoms. The molecule has 0 bridgehead atoms. The molecule has 0 unspecified atom stereocenters. The van der Waals surface area contributed by atoms with Gasteiger partial charge in [0, 0.05) is 11.8 Å². The number of hydrogen-bond donors (Lipinski definition) is 1. The molecule has 21 heavy (non-hydrogen) atoms. The third-order valence-corrected chi connectivity index (χ3v) is 3.46. The van der Waals surface area contributed by atoms with Crippen LogP contribution in [0, 0.1) is 5.82 Å². The number of imidazole rings is 1. The number of nitrogens with zero attached hydrogens (tertiary/aromatic N) is 3. The summed E-state index contributed by atoms with van der Waals surface area (Å²) in [7, 11) is 0. The lowest BCUT2D eigenvalue weighted by molar-refractivity contribution is 0.628. The van der Waals surface area contributed by atoms with Gasteiger partial charge < -0.3 is 5.73 Å². The minimum atomic E-state index is -0.269. The van der Waals surface area contributed by atoms with Gasteiger partial charge in [0.05, 0.1) is 16.7 Å². The summed E-state index contributed by atoms with van der Waals surface area (Å²) < 4.78 is 14.9. The number of nitrogens with two attached hydrogens (primary N) is 1. The van der Waals surface area contributed by atoms with E-state index in [-0.39, 0.29) is 5.82 Å².